The standard InChI is InChI=1S/C17H14N4O/c1-22-14-8-7-11(10-5-3-9-19-17(10)14)15-12-4-2-6-13(18)16(12)21-20-15/h2-9H,18H2,1H3,(H,20,21). The molecule has 0 aliphatic heterocycles. The highest BCUT2D eigenvalue weighted by molar-refractivity contribution is 6.06. The first-order chi connectivity index (χ1) is 10.8. The van der Waals surface area contributed by atoms with Crippen molar-refractivity contribution in [3.05, 3.63) is 48.7 Å². The van der Waals surface area contributed by atoms with Crippen molar-refractivity contribution in [2.45, 2.75) is 0 Å². The van der Waals surface area contributed by atoms with Gasteiger partial charge >= 0.3 is 0 Å². The molecule has 2 heterocycles. The highest BCUT2D eigenvalue weighted by atomic mass is 16.5. The summed E-state index contributed by atoms with van der Waals surface area (Å²) in [5, 5.41) is 9.47. The van der Waals surface area contributed by atoms with Gasteiger partial charge in [0.2, 0.25) is 0 Å². The molecule has 0 saturated carbocycles. The maximum atomic E-state index is 6.00. The summed E-state index contributed by atoms with van der Waals surface area (Å²) in [7, 11) is 1.65. The molecule has 108 valence electrons. The molecule has 5 heteroatoms. The average molecular weight is 290 g/mol. The number of fused-ring (bicyclic) bond motifs is 2. The van der Waals surface area contributed by atoms with E-state index in [-0.39, 0.29) is 0 Å². The molecule has 2 aromatic carbocycles. The molecule has 0 amide bonds. The van der Waals surface area contributed by atoms with E-state index in [1.165, 1.54) is 0 Å². The third kappa shape index (κ3) is 1.72. The number of anilines is 1. The van der Waals surface area contributed by atoms with E-state index in [0.717, 1.165) is 38.8 Å². The van der Waals surface area contributed by atoms with Gasteiger partial charge in [-0.1, -0.05) is 18.2 Å². The van der Waals surface area contributed by atoms with E-state index in [2.05, 4.69) is 15.2 Å². The van der Waals surface area contributed by atoms with E-state index in [1.54, 1.807) is 13.3 Å². The predicted molar refractivity (Wildman–Crippen MR) is 87.8 cm³/mol. The number of nitrogens with zero attached hydrogens (tertiary/aromatic N) is 2. The van der Waals surface area contributed by atoms with Crippen LogP contribution in [0.5, 0.6) is 5.75 Å². The topological polar surface area (TPSA) is 76.8 Å². The molecule has 0 atom stereocenters. The predicted octanol–water partition coefficient (Wildman–Crippen LogP) is 3.37. The number of aromatic amines is 1. The van der Waals surface area contributed by atoms with Crippen LogP contribution in [0.2, 0.25) is 0 Å². The number of aromatic nitrogens is 3. The molecule has 0 fully saturated rings. The van der Waals surface area contributed by atoms with Crippen molar-refractivity contribution in [1.82, 2.24) is 15.2 Å². The zero-order chi connectivity index (χ0) is 15.1. The van der Waals surface area contributed by atoms with Gasteiger partial charge in [-0.2, -0.15) is 5.10 Å². The largest absolute Gasteiger partial charge is 0.494 e. The van der Waals surface area contributed by atoms with Crippen molar-refractivity contribution in [2.75, 3.05) is 12.8 Å². The minimum atomic E-state index is 0.687. The van der Waals surface area contributed by atoms with Crippen LogP contribution in [-0.4, -0.2) is 22.3 Å². The molecule has 0 unspecified atom stereocenters. The SMILES string of the molecule is COc1ccc(-c2n[nH]c3c(N)cccc23)c2cccnc12. The molecular formula is C17H14N4O. The Morgan fingerprint density at radius 2 is 1.91 bits per heavy atom. The first-order valence-electron chi connectivity index (χ1n) is 6.94. The summed E-state index contributed by atoms with van der Waals surface area (Å²) in [6, 6.07) is 13.6. The summed E-state index contributed by atoms with van der Waals surface area (Å²) >= 11 is 0. The number of benzene rings is 2. The fraction of sp³-hybridized carbons (Fsp3) is 0.0588. The molecule has 3 N–H and O–H groups in total. The fourth-order valence-corrected chi connectivity index (χ4v) is 2.79. The van der Waals surface area contributed by atoms with E-state index < -0.39 is 0 Å². The number of ether oxygens (including phenoxy) is 1. The minimum Gasteiger partial charge on any atom is -0.494 e. The zero-order valence-corrected chi connectivity index (χ0v) is 12.0. The zero-order valence-electron chi connectivity index (χ0n) is 12.0. The molecule has 0 radical (unpaired) electrons. The number of nitrogens with two attached hydrogens (primary N) is 1. The molecule has 22 heavy (non-hydrogen) atoms. The molecule has 2 aromatic heterocycles. The second-order valence-electron chi connectivity index (χ2n) is 5.06. The van der Waals surface area contributed by atoms with Gasteiger partial charge < -0.3 is 10.5 Å². The molecular weight excluding hydrogens is 276 g/mol. The van der Waals surface area contributed by atoms with E-state index in [1.807, 2.05) is 42.5 Å². The highest BCUT2D eigenvalue weighted by Gasteiger charge is 2.14. The number of rotatable bonds is 2. The Kier molecular flexibility index (Phi) is 2.72. The van der Waals surface area contributed by atoms with Gasteiger partial charge in [-0.3, -0.25) is 10.1 Å². The van der Waals surface area contributed by atoms with Gasteiger partial charge in [0.1, 0.15) is 17.0 Å². The lowest BCUT2D eigenvalue weighted by molar-refractivity contribution is 0.419. The average Bonchev–Trinajstić information content (AvgIpc) is 2.99. The third-order valence-electron chi connectivity index (χ3n) is 3.84. The first-order valence-corrected chi connectivity index (χ1v) is 6.94. The van der Waals surface area contributed by atoms with Crippen LogP contribution in [0.25, 0.3) is 33.1 Å². The first kappa shape index (κ1) is 12.6. The third-order valence-corrected chi connectivity index (χ3v) is 3.84. The lowest BCUT2D eigenvalue weighted by atomic mass is 10.0. The van der Waals surface area contributed by atoms with E-state index >= 15 is 0 Å². The van der Waals surface area contributed by atoms with Crippen molar-refractivity contribution >= 4 is 27.5 Å². The number of methoxy groups -OCH3 is 1. The number of hydrogen-bond acceptors (Lipinski definition) is 4. The van der Waals surface area contributed by atoms with Gasteiger partial charge in [-0.05, 0) is 24.3 Å². The number of nitrogens with one attached hydrogen (secondary N) is 1. The second-order valence-corrected chi connectivity index (χ2v) is 5.06. The molecule has 5 nitrogen and oxygen atoms in total. The van der Waals surface area contributed by atoms with Crippen LogP contribution < -0.4 is 10.5 Å². The molecule has 0 spiro atoms. The number of H-pyrrole nitrogens is 1. The fourth-order valence-electron chi connectivity index (χ4n) is 2.79. The normalized spacial score (nSPS) is 11.1. The van der Waals surface area contributed by atoms with E-state index in [9.17, 15) is 0 Å². The quantitative estimate of drug-likeness (QED) is 0.555. The van der Waals surface area contributed by atoms with E-state index in [0.29, 0.717) is 5.69 Å². The van der Waals surface area contributed by atoms with Gasteiger partial charge in [0.15, 0.2) is 0 Å². The highest BCUT2D eigenvalue weighted by Crippen LogP contribution is 2.36. The monoisotopic (exact) mass is 290 g/mol. The van der Waals surface area contributed by atoms with Crippen LogP contribution in [0, 0.1) is 0 Å². The van der Waals surface area contributed by atoms with Crippen LogP contribution in [0.15, 0.2) is 48.7 Å². The number of para-hydroxylation sites is 1. The van der Waals surface area contributed by atoms with Crippen molar-refractivity contribution < 1.29 is 4.74 Å². The maximum absolute atomic E-state index is 6.00. The molecule has 0 aliphatic rings. The Balaban J connectivity index is 2.07. The van der Waals surface area contributed by atoms with Gasteiger partial charge in [-0.15, -0.1) is 0 Å². The van der Waals surface area contributed by atoms with Crippen LogP contribution >= 0.6 is 0 Å². The van der Waals surface area contributed by atoms with Crippen molar-refractivity contribution in [2.24, 2.45) is 0 Å². The van der Waals surface area contributed by atoms with Crippen LogP contribution in [0.1, 0.15) is 0 Å². The van der Waals surface area contributed by atoms with Crippen LogP contribution in [-0.2, 0) is 0 Å². The smallest absolute Gasteiger partial charge is 0.145 e. The van der Waals surface area contributed by atoms with Crippen LogP contribution in [0.3, 0.4) is 0 Å². The summed E-state index contributed by atoms with van der Waals surface area (Å²) in [5.41, 5.74) is 10.2. The minimum absolute atomic E-state index is 0.687. The summed E-state index contributed by atoms with van der Waals surface area (Å²) in [5.74, 6) is 0.749. The second kappa shape index (κ2) is 4.73. The molecule has 4 rings (SSSR count). The Labute approximate surface area is 126 Å². The van der Waals surface area contributed by atoms with Gasteiger partial charge in [0.05, 0.1) is 18.3 Å². The number of hydrogen-bond donors (Lipinski definition) is 2. The Morgan fingerprint density at radius 3 is 2.77 bits per heavy atom. The molecule has 0 saturated heterocycles. The summed E-state index contributed by atoms with van der Waals surface area (Å²) < 4.78 is 5.40. The van der Waals surface area contributed by atoms with Crippen molar-refractivity contribution in [1.29, 1.82) is 0 Å². The van der Waals surface area contributed by atoms with E-state index in [4.69, 9.17) is 10.5 Å². The van der Waals surface area contributed by atoms with Gasteiger partial charge in [0, 0.05) is 22.5 Å². The Hall–Kier alpha value is -3.08. The lowest BCUT2D eigenvalue weighted by Crippen LogP contribution is -1.90. The molecule has 4 aromatic rings. The summed E-state index contributed by atoms with van der Waals surface area (Å²) in [6.45, 7) is 0. The number of pyridine rings is 1. The maximum Gasteiger partial charge on any atom is 0.145 e. The van der Waals surface area contributed by atoms with Crippen molar-refractivity contribution in [3.63, 3.8) is 0 Å². The Morgan fingerprint density at radius 1 is 1.05 bits per heavy atom. The van der Waals surface area contributed by atoms with Gasteiger partial charge in [0.25, 0.3) is 0 Å². The lowest BCUT2D eigenvalue weighted by Gasteiger charge is -2.08. The van der Waals surface area contributed by atoms with Crippen LogP contribution in [0.4, 0.5) is 5.69 Å². The Bertz CT molecular complexity index is 990. The molecule has 0 bridgehead atoms. The van der Waals surface area contributed by atoms with Gasteiger partial charge in [-0.25, -0.2) is 0 Å². The van der Waals surface area contributed by atoms with Crippen molar-refractivity contribution in [3.8, 4) is 17.0 Å². The number of nitrogen functional groups attached to an aromatic ring is 1. The summed E-state index contributed by atoms with van der Waals surface area (Å²) in [6.07, 6.45) is 1.76. The molecule has 0 aliphatic carbocycles. The summed E-state index contributed by atoms with van der Waals surface area (Å²) in [4.78, 5) is 4.43.